The van der Waals surface area contributed by atoms with Crippen LogP contribution < -0.4 is 0 Å². The summed E-state index contributed by atoms with van der Waals surface area (Å²) in [6, 6.07) is 1.89. The minimum atomic E-state index is 0.933. The maximum absolute atomic E-state index is 2.88. The van der Waals surface area contributed by atoms with E-state index in [1.165, 1.54) is 57.9 Å². The highest BCUT2D eigenvalue weighted by atomic mass is 15.2. The number of piperidine rings is 2. The van der Waals surface area contributed by atoms with E-state index in [0.717, 1.165) is 18.0 Å². The fourth-order valence-electron chi connectivity index (χ4n) is 3.82. The Morgan fingerprint density at radius 3 is 2.67 bits per heavy atom. The summed E-state index contributed by atoms with van der Waals surface area (Å²) in [4.78, 5) is 2.88. The van der Waals surface area contributed by atoms with Gasteiger partial charge < -0.3 is 0 Å². The van der Waals surface area contributed by atoms with Crippen LogP contribution in [-0.4, -0.2) is 23.5 Å². The second-order valence-corrected chi connectivity index (χ2v) is 5.49. The van der Waals surface area contributed by atoms with Crippen molar-refractivity contribution in [2.75, 3.05) is 6.54 Å². The zero-order chi connectivity index (χ0) is 10.7. The molecule has 0 saturated carbocycles. The van der Waals surface area contributed by atoms with Crippen LogP contribution >= 0.6 is 0 Å². The monoisotopic (exact) mass is 209 g/mol. The Morgan fingerprint density at radius 2 is 1.93 bits per heavy atom. The van der Waals surface area contributed by atoms with Gasteiger partial charge in [-0.3, -0.25) is 4.90 Å². The Bertz CT molecular complexity index is 190. The summed E-state index contributed by atoms with van der Waals surface area (Å²) < 4.78 is 0. The van der Waals surface area contributed by atoms with Crippen molar-refractivity contribution in [1.29, 1.82) is 0 Å². The van der Waals surface area contributed by atoms with Crippen LogP contribution in [0.2, 0.25) is 0 Å². The number of hydrogen-bond donors (Lipinski definition) is 0. The van der Waals surface area contributed by atoms with Crippen LogP contribution in [0.5, 0.6) is 0 Å². The first-order chi connectivity index (χ1) is 7.36. The molecule has 0 aromatic heterocycles. The van der Waals surface area contributed by atoms with Crippen molar-refractivity contribution in [3.63, 3.8) is 0 Å². The molecule has 0 aromatic rings. The first-order valence-electron chi connectivity index (χ1n) is 7.12. The van der Waals surface area contributed by atoms with E-state index in [4.69, 9.17) is 0 Å². The Morgan fingerprint density at radius 1 is 1.07 bits per heavy atom. The summed E-state index contributed by atoms with van der Waals surface area (Å²) in [5.41, 5.74) is 0. The van der Waals surface area contributed by atoms with Crippen molar-refractivity contribution in [2.45, 2.75) is 77.3 Å². The van der Waals surface area contributed by atoms with Crippen LogP contribution in [0.3, 0.4) is 0 Å². The maximum Gasteiger partial charge on any atom is 0.0126 e. The van der Waals surface area contributed by atoms with E-state index >= 15 is 0 Å². The average Bonchev–Trinajstić information content (AvgIpc) is 2.30. The highest BCUT2D eigenvalue weighted by Gasteiger charge is 2.36. The van der Waals surface area contributed by atoms with Crippen LogP contribution in [0.25, 0.3) is 0 Å². The number of rotatable bonds is 3. The zero-order valence-electron chi connectivity index (χ0n) is 10.5. The van der Waals surface area contributed by atoms with Crippen molar-refractivity contribution in [3.8, 4) is 0 Å². The first kappa shape index (κ1) is 11.4. The lowest BCUT2D eigenvalue weighted by Crippen LogP contribution is -2.53. The van der Waals surface area contributed by atoms with Gasteiger partial charge in [0.25, 0.3) is 0 Å². The predicted octanol–water partition coefficient (Wildman–Crippen LogP) is 3.83. The van der Waals surface area contributed by atoms with E-state index in [9.17, 15) is 0 Å². The van der Waals surface area contributed by atoms with Gasteiger partial charge in [0.1, 0.15) is 0 Å². The van der Waals surface area contributed by atoms with Crippen molar-refractivity contribution < 1.29 is 0 Å². The molecule has 0 aliphatic carbocycles. The summed E-state index contributed by atoms with van der Waals surface area (Å²) in [6.07, 6.45) is 11.6. The topological polar surface area (TPSA) is 3.24 Å². The molecule has 0 N–H and O–H groups in total. The van der Waals surface area contributed by atoms with Gasteiger partial charge in [0.05, 0.1) is 0 Å². The summed E-state index contributed by atoms with van der Waals surface area (Å²) in [5.74, 6) is 1.01. The molecule has 2 aliphatic heterocycles. The lowest BCUT2D eigenvalue weighted by Gasteiger charge is -2.49. The second-order valence-electron chi connectivity index (χ2n) is 5.49. The van der Waals surface area contributed by atoms with Crippen LogP contribution in [0.1, 0.15) is 65.2 Å². The molecule has 1 nitrogen and oxygen atoms in total. The van der Waals surface area contributed by atoms with Crippen LogP contribution in [-0.2, 0) is 0 Å². The predicted molar refractivity (Wildman–Crippen MR) is 66.1 cm³/mol. The third-order valence-electron chi connectivity index (χ3n) is 4.62. The lowest BCUT2D eigenvalue weighted by atomic mass is 9.78. The van der Waals surface area contributed by atoms with Crippen molar-refractivity contribution in [1.82, 2.24) is 4.90 Å². The van der Waals surface area contributed by atoms with Gasteiger partial charge in [-0.25, -0.2) is 0 Å². The van der Waals surface area contributed by atoms with E-state index in [-0.39, 0.29) is 0 Å². The Labute approximate surface area is 95.2 Å². The van der Waals surface area contributed by atoms with E-state index in [1.54, 1.807) is 0 Å². The molecule has 0 aromatic carbocycles. The summed E-state index contributed by atoms with van der Waals surface area (Å²) in [7, 11) is 0. The largest absolute Gasteiger partial charge is 0.297 e. The van der Waals surface area contributed by atoms with Crippen LogP contribution in [0, 0.1) is 5.92 Å². The van der Waals surface area contributed by atoms with Gasteiger partial charge in [-0.1, -0.05) is 33.1 Å². The molecule has 2 heterocycles. The molecular weight excluding hydrogens is 182 g/mol. The van der Waals surface area contributed by atoms with Gasteiger partial charge in [0.15, 0.2) is 0 Å². The first-order valence-corrected chi connectivity index (χ1v) is 7.12. The third-order valence-corrected chi connectivity index (χ3v) is 4.62. The van der Waals surface area contributed by atoms with Gasteiger partial charge in [0.2, 0.25) is 0 Å². The quantitative estimate of drug-likeness (QED) is 0.683. The molecule has 0 spiro atoms. The van der Waals surface area contributed by atoms with Gasteiger partial charge in [-0.15, -0.1) is 0 Å². The fourth-order valence-corrected chi connectivity index (χ4v) is 3.82. The minimum absolute atomic E-state index is 0.933. The molecular formula is C14H27N. The molecule has 1 heteroatoms. The van der Waals surface area contributed by atoms with Crippen LogP contribution in [0.4, 0.5) is 0 Å². The van der Waals surface area contributed by atoms with Crippen molar-refractivity contribution >= 4 is 0 Å². The molecule has 0 unspecified atom stereocenters. The van der Waals surface area contributed by atoms with Crippen molar-refractivity contribution in [2.24, 2.45) is 5.92 Å². The molecule has 2 saturated heterocycles. The van der Waals surface area contributed by atoms with E-state index in [0.29, 0.717) is 0 Å². The number of nitrogens with zero attached hydrogens (tertiary/aromatic N) is 1. The van der Waals surface area contributed by atoms with Gasteiger partial charge >= 0.3 is 0 Å². The highest BCUT2D eigenvalue weighted by molar-refractivity contribution is 4.91. The highest BCUT2D eigenvalue weighted by Crippen LogP contribution is 2.37. The summed E-state index contributed by atoms with van der Waals surface area (Å²) in [6.45, 7) is 6.12. The Kier molecular flexibility index (Phi) is 4.07. The summed E-state index contributed by atoms with van der Waals surface area (Å²) >= 11 is 0. The smallest absolute Gasteiger partial charge is 0.0126 e. The average molecular weight is 209 g/mol. The van der Waals surface area contributed by atoms with Crippen LogP contribution in [0.15, 0.2) is 0 Å². The third kappa shape index (κ3) is 2.38. The maximum atomic E-state index is 2.88. The normalized spacial score (nSPS) is 37.6. The lowest BCUT2D eigenvalue weighted by molar-refractivity contribution is 0.00700. The van der Waals surface area contributed by atoms with E-state index < -0.39 is 0 Å². The zero-order valence-corrected chi connectivity index (χ0v) is 10.5. The van der Waals surface area contributed by atoms with E-state index in [1.807, 2.05) is 0 Å². The molecule has 0 bridgehead atoms. The fraction of sp³-hybridized carbons (Fsp3) is 1.00. The molecule has 88 valence electrons. The second kappa shape index (κ2) is 5.34. The molecule has 15 heavy (non-hydrogen) atoms. The number of fused-ring (bicyclic) bond motifs is 1. The Balaban J connectivity index is 2.01. The number of hydrogen-bond acceptors (Lipinski definition) is 1. The minimum Gasteiger partial charge on any atom is -0.297 e. The molecule has 3 atom stereocenters. The summed E-state index contributed by atoms with van der Waals surface area (Å²) in [5, 5.41) is 0. The Hall–Kier alpha value is -0.0400. The van der Waals surface area contributed by atoms with E-state index in [2.05, 4.69) is 18.7 Å². The molecule has 2 fully saturated rings. The molecule has 2 rings (SSSR count). The standard InChI is InChI=1S/C14H27N/c1-3-7-13-10-9-12(4-2)14-8-5-6-11-15(13)14/h12-14H,3-11H2,1-2H3/t12-,13-,14-/m0/s1. The molecule has 0 radical (unpaired) electrons. The van der Waals surface area contributed by atoms with Gasteiger partial charge in [0, 0.05) is 12.1 Å². The van der Waals surface area contributed by atoms with Gasteiger partial charge in [-0.05, 0) is 44.6 Å². The molecule has 0 amide bonds. The molecule has 2 aliphatic rings. The SMILES string of the molecule is CCC[C@H]1CC[C@H](CC)[C@@H]2CCCCN12. The van der Waals surface area contributed by atoms with Gasteiger partial charge in [-0.2, -0.15) is 0 Å². The van der Waals surface area contributed by atoms with Crippen molar-refractivity contribution in [3.05, 3.63) is 0 Å².